The van der Waals surface area contributed by atoms with Crippen LogP contribution in [0.1, 0.15) is 390 Å². The van der Waals surface area contributed by atoms with E-state index in [0.717, 1.165) is 260 Å². The summed E-state index contributed by atoms with van der Waals surface area (Å²) >= 11 is 0. The number of hydrogen-bond donors (Lipinski definition) is 11. The van der Waals surface area contributed by atoms with Gasteiger partial charge in [0, 0.05) is 19.3 Å². The Morgan fingerprint density at radius 1 is 0.250 bits per heavy atom. The zero-order valence-corrected chi connectivity index (χ0v) is 93.3. The minimum absolute atomic E-state index is 0.207. The summed E-state index contributed by atoms with van der Waals surface area (Å²) in [4.78, 5) is 0. The zero-order chi connectivity index (χ0) is 108. The lowest BCUT2D eigenvalue weighted by Gasteiger charge is -2.21. The fraction of sp³-hybridized carbons (Fsp3) is 0.578. The summed E-state index contributed by atoms with van der Waals surface area (Å²) in [6.45, 7) is 35.2. The molecule has 9 unspecified atom stereocenters. The maximum Gasteiger partial charge on any atom is 0.122 e. The standard InChI is InChI=1S/C20H26O3.C17H28O3.C16H24O2.C16H26O.2C15H24O3.C15H24O2.C14H22O3/c1-2-7-20(22)17-10-6-11-19(14-17)23-15-18(21)13-12-16-8-4-3-5-9-16;1-4-7-17(19)14-8-5-9-15(12-14)20-11-6-10-16(18)13(2)3;1-2-11-17-15-9-6-10-16(12-15)18-13-14-7-4-3-5-8-14;1-4-8-15(9-5-2)13-17-16-11-7-10-14(6-3)12-16;1-3-6-13(16)11-18-14-9-5-8-12(10-14)15(17)7-4-2;1-2-7-15(17)13-8-6-9-14(12-13)18-11-5-3-4-10-16;1-3-5-8-13-9-6-10-15(11-13)17-12-14(16)7-4-2;1-2-6-14(16)12-7-5-8-13(11-12)17-10-4-3-9-15/h3-6,8-11,14,18,20-22H,2,7,12-13,15H2,1H3;5,8-9,12-13,16-19H,4,6-7,10-11H2,1-3H3;6,9-10,12,14H,2-5,7-8,11,13H2,1H3;7,10-12,15H,4-6,8-9,13H2,1-3H3;5,8-10,13,15-17H,3-4,6-7,11H2,1-2H3;6,8-9,12,15-17H,2-5,7,10-11H2,1H3;6,9-11,14,16H,3-5,7-8,12H2,1-2H3;5,7-8,11,14-16H,2-4,6,9-10H2,1H3. The van der Waals surface area contributed by atoms with Crippen LogP contribution in [0.5, 0.6) is 51.7 Å². The molecule has 0 amide bonds. The summed E-state index contributed by atoms with van der Waals surface area (Å²) in [6.07, 6.45) is 33.4. The molecule has 0 heterocycles. The van der Waals surface area contributed by atoms with Gasteiger partial charge >= 0.3 is 0 Å². The van der Waals surface area contributed by atoms with Crippen LogP contribution in [-0.2, 0) is 19.3 Å². The Morgan fingerprint density at radius 3 is 0.959 bits per heavy atom. The lowest BCUT2D eigenvalue weighted by Crippen LogP contribution is -2.18. The minimum atomic E-state index is -0.501. The highest BCUT2D eigenvalue weighted by Gasteiger charge is 2.19. The molecule has 9 atom stereocenters. The van der Waals surface area contributed by atoms with Gasteiger partial charge in [-0.15, -0.1) is 0 Å². The normalized spacial score (nSPS) is 13.4. The van der Waals surface area contributed by atoms with Gasteiger partial charge in [0.2, 0.25) is 0 Å². The van der Waals surface area contributed by atoms with E-state index < -0.39 is 42.7 Å². The number of hydrogen-bond acceptors (Lipinski definition) is 20. The Bertz CT molecular complexity index is 4580. The van der Waals surface area contributed by atoms with Crippen molar-refractivity contribution in [2.75, 3.05) is 72.7 Å². The molecule has 830 valence electrons. The molecular weight excluding hydrogens is 1860 g/mol. The number of unbranched alkanes of at least 4 members (excludes halogenated alkanes) is 4. The average molecular weight is 2060 g/mol. The van der Waals surface area contributed by atoms with Gasteiger partial charge < -0.3 is 98.8 Å². The van der Waals surface area contributed by atoms with Crippen molar-refractivity contribution in [3.63, 3.8) is 0 Å². The predicted molar refractivity (Wildman–Crippen MR) is 608 cm³/mol. The topological polar surface area (TPSA) is 306 Å². The van der Waals surface area contributed by atoms with E-state index in [0.29, 0.717) is 56.9 Å². The summed E-state index contributed by atoms with van der Waals surface area (Å²) in [5.74, 6) is 9.30. The van der Waals surface area contributed by atoms with Crippen LogP contribution in [0.3, 0.4) is 0 Å². The smallest absolute Gasteiger partial charge is 0.122 e. The monoisotopic (exact) mass is 2060 g/mol. The van der Waals surface area contributed by atoms with Crippen molar-refractivity contribution in [2.24, 2.45) is 17.8 Å². The second kappa shape index (κ2) is 87.3. The summed E-state index contributed by atoms with van der Waals surface area (Å²) in [5.41, 5.74) is 8.36. The first-order valence-electron chi connectivity index (χ1n) is 56.7. The van der Waals surface area contributed by atoms with Gasteiger partial charge in [-0.2, -0.15) is 0 Å². The molecule has 1 aliphatic carbocycles. The third kappa shape index (κ3) is 64.4. The molecule has 20 heteroatoms. The first-order chi connectivity index (χ1) is 71.9. The maximum absolute atomic E-state index is 10.1. The summed E-state index contributed by atoms with van der Waals surface area (Å²) in [7, 11) is 0. The van der Waals surface area contributed by atoms with Crippen LogP contribution < -0.4 is 42.6 Å². The first kappa shape index (κ1) is 133. The lowest BCUT2D eigenvalue weighted by molar-refractivity contribution is 0.0990. The van der Waals surface area contributed by atoms with E-state index in [4.69, 9.17) is 52.8 Å². The molecular formula is C128H198O20. The van der Waals surface area contributed by atoms with Crippen LogP contribution in [-0.4, -0.2) is 153 Å². The van der Waals surface area contributed by atoms with Crippen LogP contribution in [0.25, 0.3) is 0 Å². The quantitative estimate of drug-likeness (QED) is 0.0158. The second-order valence-corrected chi connectivity index (χ2v) is 39.2. The number of benzene rings is 9. The maximum atomic E-state index is 10.1. The van der Waals surface area contributed by atoms with Gasteiger partial charge in [0.15, 0.2) is 0 Å². The van der Waals surface area contributed by atoms with Crippen molar-refractivity contribution in [1.82, 2.24) is 0 Å². The zero-order valence-electron chi connectivity index (χ0n) is 93.3. The van der Waals surface area contributed by atoms with Crippen molar-refractivity contribution in [3.8, 4) is 51.7 Å². The molecule has 10 rings (SSSR count). The molecule has 0 saturated heterocycles. The molecule has 20 nitrogen and oxygen atoms in total. The van der Waals surface area contributed by atoms with Crippen molar-refractivity contribution < 1.29 is 98.8 Å². The Kier molecular flexibility index (Phi) is 78.4. The third-order valence-electron chi connectivity index (χ3n) is 25.2. The van der Waals surface area contributed by atoms with E-state index in [1.54, 1.807) is 0 Å². The minimum Gasteiger partial charge on any atom is -0.494 e. The first-order valence-corrected chi connectivity index (χ1v) is 56.7. The van der Waals surface area contributed by atoms with E-state index in [1.807, 2.05) is 211 Å². The van der Waals surface area contributed by atoms with Gasteiger partial charge in [0.25, 0.3) is 0 Å². The number of rotatable bonds is 65. The van der Waals surface area contributed by atoms with E-state index in [2.05, 4.69) is 111 Å². The molecule has 0 aliphatic heterocycles. The molecule has 1 saturated carbocycles. The summed E-state index contributed by atoms with van der Waals surface area (Å²) in [5, 5.41) is 106. The van der Waals surface area contributed by atoms with Crippen LogP contribution >= 0.6 is 0 Å². The highest BCUT2D eigenvalue weighted by Crippen LogP contribution is 2.32. The Hall–Kier alpha value is -9.26. The molecule has 0 aromatic heterocycles. The molecule has 1 aliphatic rings. The average Bonchev–Trinajstić information content (AvgIpc) is 0.903. The molecule has 0 spiro atoms. The SMILES string of the molecule is CCCC(CCC)COc1cccc(CC)c1.CCCC(O)COc1cccc(C(O)CCC)c1.CCCC(O)c1cccc(OCC(O)CCc2ccccc2)c1.CCCC(O)c1cccc(OCCCC(O)C(C)C)c1.CCCC(O)c1cccc(OCCCCCO)c1.CCCC(O)c1cccc(OCCCCO)c1.CCCCc1cccc(OCC(O)CCC)c1.CCCOc1cccc(OCC2CCCCC2)c1. The molecule has 11 N–H and O–H groups in total. The van der Waals surface area contributed by atoms with Gasteiger partial charge in [-0.25, -0.2) is 0 Å². The van der Waals surface area contributed by atoms with Crippen molar-refractivity contribution in [2.45, 2.75) is 389 Å². The number of ether oxygens (including phenoxy) is 9. The largest absolute Gasteiger partial charge is 0.494 e. The molecule has 1 fully saturated rings. The second-order valence-electron chi connectivity index (χ2n) is 39.2. The Morgan fingerprint density at radius 2 is 0.574 bits per heavy atom. The summed E-state index contributed by atoms with van der Waals surface area (Å²) in [6, 6.07) is 72.6. The fourth-order valence-electron chi connectivity index (χ4n) is 16.3. The molecule has 148 heavy (non-hydrogen) atoms. The van der Waals surface area contributed by atoms with E-state index >= 15 is 0 Å². The third-order valence-corrected chi connectivity index (χ3v) is 25.2. The van der Waals surface area contributed by atoms with Gasteiger partial charge in [0.1, 0.15) is 71.6 Å². The molecule has 9 aromatic carbocycles. The number of aliphatic hydroxyl groups excluding tert-OH is 11. The molecule has 0 radical (unpaired) electrons. The Balaban J connectivity index is 0.000000435. The van der Waals surface area contributed by atoms with Gasteiger partial charge in [-0.3, -0.25) is 0 Å². The van der Waals surface area contributed by atoms with Gasteiger partial charge in [-0.05, 0) is 313 Å². The predicted octanol–water partition coefficient (Wildman–Crippen LogP) is 29.2. The van der Waals surface area contributed by atoms with Crippen molar-refractivity contribution >= 4 is 0 Å². The Labute approximate surface area is 894 Å². The number of aryl methyl sites for hydroxylation is 3. The van der Waals surface area contributed by atoms with Crippen molar-refractivity contribution in [1.29, 1.82) is 0 Å². The van der Waals surface area contributed by atoms with Crippen molar-refractivity contribution in [3.05, 3.63) is 269 Å². The number of aliphatic hydroxyl groups is 11. The van der Waals surface area contributed by atoms with Gasteiger partial charge in [0.05, 0.1) is 94.6 Å². The fourth-order valence-corrected chi connectivity index (χ4v) is 16.3. The molecule has 9 aromatic rings. The van der Waals surface area contributed by atoms with E-state index in [9.17, 15) is 46.0 Å². The summed E-state index contributed by atoms with van der Waals surface area (Å²) < 4.78 is 51.1. The van der Waals surface area contributed by atoms with E-state index in [-0.39, 0.29) is 32.0 Å². The van der Waals surface area contributed by atoms with Gasteiger partial charge in [-0.1, -0.05) is 302 Å². The van der Waals surface area contributed by atoms with Crippen LogP contribution in [0.4, 0.5) is 0 Å². The lowest BCUT2D eigenvalue weighted by atomic mass is 9.90. The van der Waals surface area contributed by atoms with E-state index in [1.165, 1.54) is 87.3 Å². The highest BCUT2D eigenvalue weighted by molar-refractivity contribution is 5.36. The highest BCUT2D eigenvalue weighted by atomic mass is 16.5. The van der Waals surface area contributed by atoms with Crippen LogP contribution in [0.2, 0.25) is 0 Å². The molecule has 0 bridgehead atoms. The van der Waals surface area contributed by atoms with Crippen LogP contribution in [0, 0.1) is 17.8 Å². The van der Waals surface area contributed by atoms with Crippen LogP contribution in [0.15, 0.2) is 224 Å².